The van der Waals surface area contributed by atoms with Crippen LogP contribution in [0.3, 0.4) is 0 Å². The van der Waals surface area contributed by atoms with Crippen molar-refractivity contribution in [3.05, 3.63) is 82.9 Å². The van der Waals surface area contributed by atoms with Crippen molar-refractivity contribution >= 4 is 41.2 Å². The maximum Gasteiger partial charge on any atom is 0.491 e. The highest BCUT2D eigenvalue weighted by Gasteiger charge is 2.40. The van der Waals surface area contributed by atoms with Gasteiger partial charge in [-0.05, 0) is 66.3 Å². The van der Waals surface area contributed by atoms with E-state index in [-0.39, 0.29) is 29.7 Å². The highest BCUT2D eigenvalue weighted by Crippen LogP contribution is 2.49. The van der Waals surface area contributed by atoms with Gasteiger partial charge in [0.05, 0.1) is 17.3 Å². The Kier molecular flexibility index (Phi) is 6.12. The van der Waals surface area contributed by atoms with Crippen LogP contribution in [0.4, 0.5) is 19.3 Å². The Labute approximate surface area is 221 Å². The van der Waals surface area contributed by atoms with Gasteiger partial charge < -0.3 is 24.5 Å². The summed E-state index contributed by atoms with van der Waals surface area (Å²) in [6.45, 7) is -0.0378. The molecule has 0 spiro atoms. The smallest absolute Gasteiger partial charge is 0.455 e. The second-order valence-corrected chi connectivity index (χ2v) is 9.69. The number of rotatable bonds is 6. The van der Waals surface area contributed by atoms with E-state index in [9.17, 15) is 28.4 Å². The number of cyclic esters (lactones) is 1. The Bertz CT molecular complexity index is 1620. The van der Waals surface area contributed by atoms with E-state index < -0.39 is 30.9 Å². The lowest BCUT2D eigenvalue weighted by Crippen LogP contribution is -2.33. The highest BCUT2D eigenvalue weighted by atomic mass is 19.1. The van der Waals surface area contributed by atoms with Crippen molar-refractivity contribution in [1.29, 1.82) is 0 Å². The van der Waals surface area contributed by atoms with Gasteiger partial charge >= 0.3 is 13.2 Å². The average Bonchev–Trinajstić information content (AvgIpc) is 3.60. The molecule has 0 unspecified atom stereocenters. The number of hydrogen-bond donors (Lipinski definition) is 3. The summed E-state index contributed by atoms with van der Waals surface area (Å²) >= 11 is 0. The van der Waals surface area contributed by atoms with Crippen LogP contribution in [-0.4, -0.2) is 42.8 Å². The quantitative estimate of drug-likeness (QED) is 0.324. The van der Waals surface area contributed by atoms with Crippen molar-refractivity contribution < 1.29 is 37.6 Å². The SMILES string of the molecule is CNC(=O)c1c(-c2ccc(F)cc2)oc2cc(N3C(=O)OC[C@@H]3c3ccc(B(O)O)c(F)c3)c(C3CC3)cc12. The predicted octanol–water partition coefficient (Wildman–Crippen LogP) is 3.99. The number of furan rings is 1. The first-order valence-corrected chi connectivity index (χ1v) is 12.5. The molecule has 4 aromatic rings. The molecule has 2 heterocycles. The highest BCUT2D eigenvalue weighted by molar-refractivity contribution is 6.58. The van der Waals surface area contributed by atoms with E-state index in [0.717, 1.165) is 24.5 Å². The van der Waals surface area contributed by atoms with Crippen molar-refractivity contribution in [3.8, 4) is 11.3 Å². The molecule has 2 fully saturated rings. The Morgan fingerprint density at radius 1 is 1.08 bits per heavy atom. The van der Waals surface area contributed by atoms with Crippen molar-refractivity contribution in [2.45, 2.75) is 24.8 Å². The number of amides is 2. The summed E-state index contributed by atoms with van der Waals surface area (Å²) in [5.74, 6) is -1.20. The molecule has 1 aromatic heterocycles. The predicted molar refractivity (Wildman–Crippen MR) is 140 cm³/mol. The van der Waals surface area contributed by atoms with Gasteiger partial charge in [0.2, 0.25) is 0 Å². The van der Waals surface area contributed by atoms with Crippen LogP contribution < -0.4 is 15.7 Å². The molecule has 1 saturated heterocycles. The zero-order valence-corrected chi connectivity index (χ0v) is 20.8. The van der Waals surface area contributed by atoms with Gasteiger partial charge in [-0.15, -0.1) is 0 Å². The molecule has 1 atom stereocenters. The number of halogens is 2. The minimum atomic E-state index is -1.97. The van der Waals surface area contributed by atoms with E-state index >= 15 is 0 Å². The molecule has 1 aliphatic carbocycles. The first-order chi connectivity index (χ1) is 18.8. The van der Waals surface area contributed by atoms with Gasteiger partial charge in [-0.1, -0.05) is 12.1 Å². The largest absolute Gasteiger partial charge is 0.491 e. The van der Waals surface area contributed by atoms with Crippen LogP contribution in [0.2, 0.25) is 0 Å². The molecule has 0 bridgehead atoms. The number of nitrogens with one attached hydrogen (secondary N) is 1. The van der Waals surface area contributed by atoms with Gasteiger partial charge in [-0.25, -0.2) is 13.6 Å². The second kappa shape index (κ2) is 9.51. The van der Waals surface area contributed by atoms with E-state index in [1.807, 2.05) is 6.07 Å². The third-order valence-electron chi connectivity index (χ3n) is 7.24. The molecule has 198 valence electrons. The van der Waals surface area contributed by atoms with Gasteiger partial charge in [-0.2, -0.15) is 0 Å². The number of nitrogens with zero attached hydrogens (tertiary/aromatic N) is 1. The molecule has 3 N–H and O–H groups in total. The van der Waals surface area contributed by atoms with Crippen LogP contribution in [-0.2, 0) is 4.74 Å². The first-order valence-electron chi connectivity index (χ1n) is 12.5. The standard InChI is InChI=1S/C28H23BF2N2O6/c1-32-27(34)25-19-11-18(14-2-3-14)22(12-24(19)39-26(25)15-4-7-17(30)8-5-15)33-23(13-38-28(33)35)16-6-9-20(29(36)37)21(31)10-16/h4-12,14,23,36-37H,2-3,13H2,1H3,(H,32,34)/t23-/m1/s1. The number of benzene rings is 3. The number of fused-ring (bicyclic) bond motifs is 1. The molecule has 39 heavy (non-hydrogen) atoms. The fourth-order valence-corrected chi connectivity index (χ4v) is 5.13. The summed E-state index contributed by atoms with van der Waals surface area (Å²) < 4.78 is 39.7. The number of carbonyl (C=O) groups is 2. The Balaban J connectivity index is 1.52. The minimum Gasteiger partial charge on any atom is -0.455 e. The van der Waals surface area contributed by atoms with Crippen LogP contribution in [0, 0.1) is 11.6 Å². The van der Waals surface area contributed by atoms with E-state index in [1.54, 1.807) is 6.07 Å². The zero-order valence-electron chi connectivity index (χ0n) is 20.8. The van der Waals surface area contributed by atoms with Crippen molar-refractivity contribution in [2.75, 3.05) is 18.6 Å². The maximum atomic E-state index is 14.6. The molecular formula is C28H23BF2N2O6. The summed E-state index contributed by atoms with van der Waals surface area (Å²) in [6, 6.07) is 12.4. The van der Waals surface area contributed by atoms with E-state index in [2.05, 4.69) is 5.32 Å². The topological polar surface area (TPSA) is 112 Å². The molecule has 8 nitrogen and oxygen atoms in total. The molecular weight excluding hydrogens is 509 g/mol. The maximum absolute atomic E-state index is 14.6. The number of ether oxygens (including phenoxy) is 1. The fraction of sp³-hybridized carbons (Fsp3) is 0.214. The summed E-state index contributed by atoms with van der Waals surface area (Å²) in [6.07, 6.45) is 1.16. The molecule has 2 aliphatic rings. The molecule has 1 saturated carbocycles. The normalized spacial score (nSPS) is 17.0. The Morgan fingerprint density at radius 3 is 2.46 bits per heavy atom. The molecule has 6 rings (SSSR count). The van der Waals surface area contributed by atoms with Crippen molar-refractivity contribution in [3.63, 3.8) is 0 Å². The van der Waals surface area contributed by atoms with Gasteiger partial charge in [0, 0.05) is 29.5 Å². The van der Waals surface area contributed by atoms with E-state index in [0.29, 0.717) is 33.3 Å². The molecule has 3 aromatic carbocycles. The van der Waals surface area contributed by atoms with Crippen LogP contribution in [0.5, 0.6) is 0 Å². The Hall–Kier alpha value is -4.22. The van der Waals surface area contributed by atoms with E-state index in [4.69, 9.17) is 9.15 Å². The number of hydrogen-bond acceptors (Lipinski definition) is 6. The lowest BCUT2D eigenvalue weighted by Gasteiger charge is -2.25. The van der Waals surface area contributed by atoms with Gasteiger partial charge in [0.25, 0.3) is 5.91 Å². The molecule has 11 heteroatoms. The first kappa shape index (κ1) is 25.1. The van der Waals surface area contributed by atoms with E-state index in [1.165, 1.54) is 48.3 Å². The summed E-state index contributed by atoms with van der Waals surface area (Å²) in [5, 5.41) is 22.0. The van der Waals surface area contributed by atoms with Gasteiger partial charge in [0.1, 0.15) is 29.6 Å². The second-order valence-electron chi connectivity index (χ2n) is 9.69. The molecule has 0 radical (unpaired) electrons. The summed E-state index contributed by atoms with van der Waals surface area (Å²) in [7, 11) is -0.458. The molecule has 2 amide bonds. The average molecular weight is 532 g/mol. The fourth-order valence-electron chi connectivity index (χ4n) is 5.13. The lowest BCUT2D eigenvalue weighted by atomic mass is 9.79. The van der Waals surface area contributed by atoms with Gasteiger partial charge in [0.15, 0.2) is 0 Å². The van der Waals surface area contributed by atoms with Crippen LogP contribution >= 0.6 is 0 Å². The monoisotopic (exact) mass is 532 g/mol. The van der Waals surface area contributed by atoms with Crippen molar-refractivity contribution in [1.82, 2.24) is 5.32 Å². The van der Waals surface area contributed by atoms with Crippen LogP contribution in [0.25, 0.3) is 22.3 Å². The number of anilines is 1. The third-order valence-corrected chi connectivity index (χ3v) is 7.24. The number of carbonyl (C=O) groups excluding carboxylic acids is 2. The van der Waals surface area contributed by atoms with Crippen molar-refractivity contribution in [2.24, 2.45) is 0 Å². The summed E-state index contributed by atoms with van der Waals surface area (Å²) in [4.78, 5) is 27.5. The third kappa shape index (κ3) is 4.33. The van der Waals surface area contributed by atoms with Crippen LogP contribution in [0.1, 0.15) is 46.3 Å². The minimum absolute atomic E-state index is 0.0378. The zero-order chi connectivity index (χ0) is 27.4. The molecule has 1 aliphatic heterocycles. The Morgan fingerprint density at radius 2 is 1.82 bits per heavy atom. The van der Waals surface area contributed by atoms with Gasteiger partial charge in [-0.3, -0.25) is 9.69 Å². The van der Waals surface area contributed by atoms with Crippen LogP contribution in [0.15, 0.2) is 59.0 Å². The lowest BCUT2D eigenvalue weighted by molar-refractivity contribution is 0.0964. The summed E-state index contributed by atoms with van der Waals surface area (Å²) in [5.41, 5.74) is 2.64.